The monoisotopic (exact) mass is 343 g/mol. The van der Waals surface area contributed by atoms with Crippen LogP contribution in [0.1, 0.15) is 22.8 Å². The molecular formula is C19H18ClNO3. The van der Waals surface area contributed by atoms with E-state index in [1.807, 2.05) is 36.4 Å². The Morgan fingerprint density at radius 1 is 1.12 bits per heavy atom. The summed E-state index contributed by atoms with van der Waals surface area (Å²) in [4.78, 5) is 24.0. The molecule has 0 aliphatic heterocycles. The lowest BCUT2D eigenvalue weighted by Crippen LogP contribution is -2.39. The fraction of sp³-hybridized carbons (Fsp3) is 0.158. The SMILES string of the molecule is C[C@@H](NC(=O)c1ccccc1Cl)C(=O)OC/C=C/c1ccccc1. The van der Waals surface area contributed by atoms with Crippen molar-refractivity contribution in [2.24, 2.45) is 0 Å². The Kier molecular flexibility index (Phi) is 6.58. The number of carbonyl (C=O) groups excluding carboxylic acids is 2. The second-order valence-electron chi connectivity index (χ2n) is 5.12. The minimum Gasteiger partial charge on any atom is -0.460 e. The molecule has 0 saturated carbocycles. The maximum absolute atomic E-state index is 12.1. The van der Waals surface area contributed by atoms with E-state index in [2.05, 4.69) is 5.32 Å². The summed E-state index contributed by atoms with van der Waals surface area (Å²) in [5, 5.41) is 2.91. The lowest BCUT2D eigenvalue weighted by molar-refractivity contribution is -0.144. The summed E-state index contributed by atoms with van der Waals surface area (Å²) >= 11 is 5.96. The molecule has 24 heavy (non-hydrogen) atoms. The summed E-state index contributed by atoms with van der Waals surface area (Å²) < 4.78 is 5.12. The van der Waals surface area contributed by atoms with Crippen LogP contribution in [0, 0.1) is 0 Å². The largest absolute Gasteiger partial charge is 0.460 e. The summed E-state index contributed by atoms with van der Waals surface area (Å²) in [6.45, 7) is 1.71. The number of carbonyl (C=O) groups is 2. The third kappa shape index (κ3) is 5.25. The van der Waals surface area contributed by atoms with Gasteiger partial charge in [0.25, 0.3) is 5.91 Å². The van der Waals surface area contributed by atoms with Crippen LogP contribution < -0.4 is 5.32 Å². The number of halogens is 1. The first kappa shape index (κ1) is 17.8. The Morgan fingerprint density at radius 2 is 1.79 bits per heavy atom. The zero-order valence-corrected chi connectivity index (χ0v) is 14.0. The van der Waals surface area contributed by atoms with Gasteiger partial charge in [0.1, 0.15) is 12.6 Å². The van der Waals surface area contributed by atoms with E-state index < -0.39 is 17.9 Å². The van der Waals surface area contributed by atoms with Gasteiger partial charge >= 0.3 is 5.97 Å². The average molecular weight is 344 g/mol. The zero-order chi connectivity index (χ0) is 17.4. The summed E-state index contributed by atoms with van der Waals surface area (Å²) in [6, 6.07) is 15.6. The van der Waals surface area contributed by atoms with Crippen molar-refractivity contribution >= 4 is 29.6 Å². The van der Waals surface area contributed by atoms with Gasteiger partial charge in [-0.2, -0.15) is 0 Å². The van der Waals surface area contributed by atoms with Gasteiger partial charge in [-0.3, -0.25) is 4.79 Å². The molecule has 0 bridgehead atoms. The predicted octanol–water partition coefficient (Wildman–Crippen LogP) is 3.71. The summed E-state index contributed by atoms with van der Waals surface area (Å²) in [7, 11) is 0. The number of ether oxygens (including phenoxy) is 1. The number of amides is 1. The molecule has 5 heteroatoms. The molecule has 0 aromatic heterocycles. The first-order chi connectivity index (χ1) is 11.6. The van der Waals surface area contributed by atoms with Crippen molar-refractivity contribution in [1.29, 1.82) is 0 Å². The lowest BCUT2D eigenvalue weighted by atomic mass is 10.2. The molecule has 0 aliphatic rings. The highest BCUT2D eigenvalue weighted by Gasteiger charge is 2.18. The van der Waals surface area contributed by atoms with Crippen molar-refractivity contribution in [3.8, 4) is 0 Å². The van der Waals surface area contributed by atoms with Crippen molar-refractivity contribution in [2.45, 2.75) is 13.0 Å². The number of esters is 1. The van der Waals surface area contributed by atoms with Gasteiger partial charge < -0.3 is 10.1 Å². The molecule has 1 atom stereocenters. The maximum atomic E-state index is 12.1. The molecule has 2 rings (SSSR count). The van der Waals surface area contributed by atoms with Gasteiger partial charge in [0, 0.05) is 0 Å². The highest BCUT2D eigenvalue weighted by Crippen LogP contribution is 2.14. The first-order valence-electron chi connectivity index (χ1n) is 7.51. The van der Waals surface area contributed by atoms with E-state index in [1.54, 1.807) is 37.3 Å². The molecule has 4 nitrogen and oxygen atoms in total. The summed E-state index contributed by atoms with van der Waals surface area (Å²) in [5.41, 5.74) is 1.34. The first-order valence-corrected chi connectivity index (χ1v) is 7.89. The minimum absolute atomic E-state index is 0.139. The third-order valence-corrected chi connectivity index (χ3v) is 3.58. The molecule has 0 fully saturated rings. The van der Waals surface area contributed by atoms with Gasteiger partial charge in [0.15, 0.2) is 0 Å². The van der Waals surface area contributed by atoms with Crippen LogP contribution in [0.25, 0.3) is 6.08 Å². The van der Waals surface area contributed by atoms with Gasteiger partial charge in [-0.1, -0.05) is 60.1 Å². The molecule has 124 valence electrons. The standard InChI is InChI=1S/C19H18ClNO3/c1-14(21-18(22)16-11-5-6-12-17(16)20)19(23)24-13-7-10-15-8-3-2-4-9-15/h2-12,14H,13H2,1H3,(H,21,22)/b10-7+/t14-/m1/s1. The molecule has 2 aromatic carbocycles. The molecule has 0 radical (unpaired) electrons. The Bertz CT molecular complexity index is 728. The average Bonchev–Trinajstić information content (AvgIpc) is 2.59. The predicted molar refractivity (Wildman–Crippen MR) is 94.8 cm³/mol. The van der Waals surface area contributed by atoms with E-state index in [-0.39, 0.29) is 6.61 Å². The second-order valence-corrected chi connectivity index (χ2v) is 5.53. The van der Waals surface area contributed by atoms with Crippen LogP contribution >= 0.6 is 11.6 Å². The fourth-order valence-corrected chi connectivity index (χ4v) is 2.20. The van der Waals surface area contributed by atoms with E-state index in [9.17, 15) is 9.59 Å². The summed E-state index contributed by atoms with van der Waals surface area (Å²) in [6.07, 6.45) is 3.61. The maximum Gasteiger partial charge on any atom is 0.328 e. The van der Waals surface area contributed by atoms with Crippen LogP contribution in [0.5, 0.6) is 0 Å². The van der Waals surface area contributed by atoms with Crippen LogP contribution in [0.4, 0.5) is 0 Å². The van der Waals surface area contributed by atoms with Crippen molar-refractivity contribution in [1.82, 2.24) is 5.32 Å². The van der Waals surface area contributed by atoms with E-state index >= 15 is 0 Å². The molecule has 0 unspecified atom stereocenters. The van der Waals surface area contributed by atoms with E-state index in [0.29, 0.717) is 10.6 Å². The van der Waals surface area contributed by atoms with Crippen molar-refractivity contribution in [2.75, 3.05) is 6.61 Å². The third-order valence-electron chi connectivity index (χ3n) is 3.25. The number of benzene rings is 2. The van der Waals surface area contributed by atoms with Crippen molar-refractivity contribution in [3.63, 3.8) is 0 Å². The normalized spacial score (nSPS) is 11.9. The topological polar surface area (TPSA) is 55.4 Å². The van der Waals surface area contributed by atoms with Crippen LogP contribution in [0.15, 0.2) is 60.7 Å². The van der Waals surface area contributed by atoms with Gasteiger partial charge in [0.05, 0.1) is 10.6 Å². The smallest absolute Gasteiger partial charge is 0.328 e. The number of rotatable bonds is 6. The summed E-state index contributed by atoms with van der Waals surface area (Å²) in [5.74, 6) is -0.919. The van der Waals surface area contributed by atoms with Crippen molar-refractivity contribution in [3.05, 3.63) is 76.8 Å². The minimum atomic E-state index is -0.765. The number of nitrogens with one attached hydrogen (secondary N) is 1. The van der Waals surface area contributed by atoms with E-state index in [0.717, 1.165) is 5.56 Å². The molecule has 0 saturated heterocycles. The molecule has 1 N–H and O–H groups in total. The van der Waals surface area contributed by atoms with E-state index in [4.69, 9.17) is 16.3 Å². The van der Waals surface area contributed by atoms with Crippen LogP contribution in [-0.2, 0) is 9.53 Å². The highest BCUT2D eigenvalue weighted by atomic mass is 35.5. The van der Waals surface area contributed by atoms with Gasteiger partial charge in [-0.05, 0) is 30.7 Å². The second kappa shape index (κ2) is 8.89. The Labute approximate surface area is 146 Å². The molecule has 0 heterocycles. The zero-order valence-electron chi connectivity index (χ0n) is 13.2. The Hall–Kier alpha value is -2.59. The van der Waals surface area contributed by atoms with Crippen molar-refractivity contribution < 1.29 is 14.3 Å². The number of hydrogen-bond donors (Lipinski definition) is 1. The highest BCUT2D eigenvalue weighted by molar-refractivity contribution is 6.33. The van der Waals surface area contributed by atoms with Gasteiger partial charge in [-0.25, -0.2) is 4.79 Å². The van der Waals surface area contributed by atoms with Crippen LogP contribution in [-0.4, -0.2) is 24.5 Å². The molecular weight excluding hydrogens is 326 g/mol. The van der Waals surface area contributed by atoms with E-state index in [1.165, 1.54) is 0 Å². The quantitative estimate of drug-likeness (QED) is 0.813. The van der Waals surface area contributed by atoms with Gasteiger partial charge in [-0.15, -0.1) is 0 Å². The van der Waals surface area contributed by atoms with Crippen LogP contribution in [0.2, 0.25) is 5.02 Å². The number of hydrogen-bond acceptors (Lipinski definition) is 3. The molecule has 0 aliphatic carbocycles. The van der Waals surface area contributed by atoms with Crippen LogP contribution in [0.3, 0.4) is 0 Å². The molecule has 1 amide bonds. The molecule has 0 spiro atoms. The van der Waals surface area contributed by atoms with Gasteiger partial charge in [0.2, 0.25) is 0 Å². The Balaban J connectivity index is 1.81. The fourth-order valence-electron chi connectivity index (χ4n) is 1.98. The Morgan fingerprint density at radius 3 is 2.50 bits per heavy atom. The lowest BCUT2D eigenvalue weighted by Gasteiger charge is -2.13. The molecule has 2 aromatic rings.